The van der Waals surface area contributed by atoms with Crippen molar-refractivity contribution in [3.8, 4) is 0 Å². The number of halogens is 1. The predicted molar refractivity (Wildman–Crippen MR) is 81.4 cm³/mol. The van der Waals surface area contributed by atoms with Crippen LogP contribution in [0.4, 0.5) is 0 Å². The van der Waals surface area contributed by atoms with E-state index in [9.17, 15) is 5.11 Å². The summed E-state index contributed by atoms with van der Waals surface area (Å²) in [4.78, 5) is 0. The number of hydrogen-bond acceptors (Lipinski definition) is 4. The Morgan fingerprint density at radius 2 is 2.32 bits per heavy atom. The maximum absolute atomic E-state index is 10.5. The Kier molecular flexibility index (Phi) is 6.19. The van der Waals surface area contributed by atoms with Crippen molar-refractivity contribution in [1.29, 1.82) is 0 Å². The molecule has 0 bridgehead atoms. The molecule has 2 rings (SSSR count). The van der Waals surface area contributed by atoms with Crippen molar-refractivity contribution in [2.75, 3.05) is 25.2 Å². The molecule has 0 radical (unpaired) electrons. The Labute approximate surface area is 127 Å². The number of rotatable bonds is 6. The van der Waals surface area contributed by atoms with Gasteiger partial charge >= 0.3 is 0 Å². The van der Waals surface area contributed by atoms with E-state index in [0.717, 1.165) is 16.6 Å². The number of aromatic nitrogens is 2. The highest BCUT2D eigenvalue weighted by molar-refractivity contribution is 9.10. The van der Waals surface area contributed by atoms with Crippen LogP contribution in [0.5, 0.6) is 0 Å². The molecule has 1 atom stereocenters. The summed E-state index contributed by atoms with van der Waals surface area (Å²) < 4.78 is 7.81. The summed E-state index contributed by atoms with van der Waals surface area (Å²) in [5.74, 6) is 3.08. The van der Waals surface area contributed by atoms with Crippen molar-refractivity contribution in [3.05, 3.63) is 16.4 Å². The van der Waals surface area contributed by atoms with Gasteiger partial charge < -0.3 is 9.84 Å². The summed E-state index contributed by atoms with van der Waals surface area (Å²) >= 11 is 5.50. The van der Waals surface area contributed by atoms with Crippen molar-refractivity contribution in [2.24, 2.45) is 5.92 Å². The van der Waals surface area contributed by atoms with Crippen LogP contribution in [0.1, 0.15) is 31.1 Å². The van der Waals surface area contributed by atoms with Crippen LogP contribution < -0.4 is 0 Å². The second-order valence-electron chi connectivity index (χ2n) is 4.90. The number of hydrogen-bond donors (Lipinski definition) is 1. The van der Waals surface area contributed by atoms with Gasteiger partial charge in [-0.2, -0.15) is 16.9 Å². The van der Waals surface area contributed by atoms with Crippen LogP contribution in [0.3, 0.4) is 0 Å². The SMILES string of the molecule is COCCn1ncc(Br)c1C(O)CC1CCSCC1. The fourth-order valence-corrected chi connectivity index (χ4v) is 4.23. The first kappa shape index (κ1) is 15.4. The van der Waals surface area contributed by atoms with Gasteiger partial charge in [0.05, 0.1) is 35.6 Å². The molecule has 1 fully saturated rings. The molecular formula is C13H21BrN2O2S. The van der Waals surface area contributed by atoms with E-state index in [1.54, 1.807) is 13.3 Å². The van der Waals surface area contributed by atoms with Crippen LogP contribution in [0, 0.1) is 5.92 Å². The maximum Gasteiger partial charge on any atom is 0.0970 e. The van der Waals surface area contributed by atoms with Gasteiger partial charge in [-0.3, -0.25) is 4.68 Å². The van der Waals surface area contributed by atoms with Crippen molar-refractivity contribution in [1.82, 2.24) is 9.78 Å². The lowest BCUT2D eigenvalue weighted by Gasteiger charge is -2.24. The monoisotopic (exact) mass is 348 g/mol. The quantitative estimate of drug-likeness (QED) is 0.858. The Morgan fingerprint density at radius 1 is 1.58 bits per heavy atom. The predicted octanol–water partition coefficient (Wildman–Crippen LogP) is 2.86. The van der Waals surface area contributed by atoms with Crippen LogP contribution in [-0.4, -0.2) is 40.1 Å². The summed E-state index contributed by atoms with van der Waals surface area (Å²) in [6.45, 7) is 1.28. The topological polar surface area (TPSA) is 47.3 Å². The van der Waals surface area contributed by atoms with Crippen molar-refractivity contribution >= 4 is 27.7 Å². The van der Waals surface area contributed by atoms with Gasteiger partial charge in [0.15, 0.2) is 0 Å². The summed E-state index contributed by atoms with van der Waals surface area (Å²) in [6, 6.07) is 0. The molecule has 1 aromatic rings. The van der Waals surface area contributed by atoms with E-state index in [-0.39, 0.29) is 0 Å². The molecule has 0 saturated carbocycles. The average Bonchev–Trinajstić information content (AvgIpc) is 2.78. The molecule has 4 nitrogen and oxygen atoms in total. The molecule has 1 aliphatic heterocycles. The molecular weight excluding hydrogens is 328 g/mol. The number of thioether (sulfide) groups is 1. The molecule has 0 spiro atoms. The number of aliphatic hydroxyl groups is 1. The van der Waals surface area contributed by atoms with Gasteiger partial charge in [-0.15, -0.1) is 0 Å². The first-order valence-electron chi connectivity index (χ1n) is 6.68. The Balaban J connectivity index is 2.00. The molecule has 1 aliphatic rings. The molecule has 0 aliphatic carbocycles. The molecule has 2 heterocycles. The normalized spacial score (nSPS) is 18.7. The molecule has 6 heteroatoms. The molecule has 0 amide bonds. The molecule has 108 valence electrons. The zero-order valence-electron chi connectivity index (χ0n) is 11.2. The third-order valence-corrected chi connectivity index (χ3v) is 5.21. The Bertz CT molecular complexity index is 394. The van der Waals surface area contributed by atoms with Gasteiger partial charge in [0.2, 0.25) is 0 Å². The smallest absolute Gasteiger partial charge is 0.0970 e. The zero-order chi connectivity index (χ0) is 13.7. The Hall–Kier alpha value is -0.0400. The van der Waals surface area contributed by atoms with E-state index >= 15 is 0 Å². The first-order valence-corrected chi connectivity index (χ1v) is 8.63. The minimum Gasteiger partial charge on any atom is -0.387 e. The lowest BCUT2D eigenvalue weighted by molar-refractivity contribution is 0.125. The van der Waals surface area contributed by atoms with E-state index in [4.69, 9.17) is 4.74 Å². The highest BCUT2D eigenvalue weighted by atomic mass is 79.9. The van der Waals surface area contributed by atoms with Gasteiger partial charge in [-0.05, 0) is 52.6 Å². The van der Waals surface area contributed by atoms with Crippen LogP contribution >= 0.6 is 27.7 Å². The maximum atomic E-state index is 10.5. The molecule has 1 saturated heterocycles. The van der Waals surface area contributed by atoms with Gasteiger partial charge in [0, 0.05) is 7.11 Å². The highest BCUT2D eigenvalue weighted by Gasteiger charge is 2.23. The van der Waals surface area contributed by atoms with Crippen molar-refractivity contribution in [2.45, 2.75) is 31.9 Å². The molecule has 1 aromatic heterocycles. The minimum absolute atomic E-state index is 0.443. The second kappa shape index (κ2) is 7.67. The van der Waals surface area contributed by atoms with Crippen LogP contribution in [-0.2, 0) is 11.3 Å². The number of ether oxygens (including phenoxy) is 1. The first-order chi connectivity index (χ1) is 9.22. The standard InChI is InChI=1S/C13H21BrN2O2S/c1-18-5-4-16-13(11(14)9-15-16)12(17)8-10-2-6-19-7-3-10/h9-10,12,17H,2-8H2,1H3. The molecule has 1 unspecified atom stereocenters. The fourth-order valence-electron chi connectivity index (χ4n) is 2.47. The number of aliphatic hydroxyl groups excluding tert-OH is 1. The summed E-state index contributed by atoms with van der Waals surface area (Å²) in [7, 11) is 1.67. The van der Waals surface area contributed by atoms with E-state index < -0.39 is 6.10 Å². The van der Waals surface area contributed by atoms with E-state index in [1.165, 1.54) is 24.3 Å². The highest BCUT2D eigenvalue weighted by Crippen LogP contribution is 2.33. The summed E-state index contributed by atoms with van der Waals surface area (Å²) in [5, 5.41) is 14.8. The lowest BCUT2D eigenvalue weighted by Crippen LogP contribution is -2.17. The molecule has 19 heavy (non-hydrogen) atoms. The fraction of sp³-hybridized carbons (Fsp3) is 0.769. The van der Waals surface area contributed by atoms with Crippen LogP contribution in [0.25, 0.3) is 0 Å². The summed E-state index contributed by atoms with van der Waals surface area (Å²) in [6.07, 6.45) is 4.57. The third kappa shape index (κ3) is 4.21. The lowest BCUT2D eigenvalue weighted by atomic mass is 9.94. The minimum atomic E-state index is -0.443. The van der Waals surface area contributed by atoms with Gasteiger partial charge in [0.1, 0.15) is 0 Å². The second-order valence-corrected chi connectivity index (χ2v) is 6.98. The van der Waals surface area contributed by atoms with Crippen molar-refractivity contribution < 1.29 is 9.84 Å². The number of nitrogens with zero attached hydrogens (tertiary/aromatic N) is 2. The van der Waals surface area contributed by atoms with Crippen molar-refractivity contribution in [3.63, 3.8) is 0 Å². The molecule has 0 aromatic carbocycles. The zero-order valence-corrected chi connectivity index (χ0v) is 13.6. The summed E-state index contributed by atoms with van der Waals surface area (Å²) in [5.41, 5.74) is 0.885. The van der Waals surface area contributed by atoms with E-state index in [0.29, 0.717) is 19.1 Å². The van der Waals surface area contributed by atoms with Gasteiger partial charge in [-0.1, -0.05) is 0 Å². The van der Waals surface area contributed by atoms with Gasteiger partial charge in [-0.25, -0.2) is 0 Å². The average molecular weight is 349 g/mol. The van der Waals surface area contributed by atoms with E-state index in [2.05, 4.69) is 21.0 Å². The third-order valence-electron chi connectivity index (χ3n) is 3.55. The van der Waals surface area contributed by atoms with Gasteiger partial charge in [0.25, 0.3) is 0 Å². The van der Waals surface area contributed by atoms with Crippen LogP contribution in [0.2, 0.25) is 0 Å². The Morgan fingerprint density at radius 3 is 3.00 bits per heavy atom. The number of methoxy groups -OCH3 is 1. The van der Waals surface area contributed by atoms with E-state index in [1.807, 2.05) is 16.4 Å². The largest absolute Gasteiger partial charge is 0.387 e. The van der Waals surface area contributed by atoms with Crippen LogP contribution in [0.15, 0.2) is 10.7 Å². The molecule has 1 N–H and O–H groups in total.